The highest BCUT2D eigenvalue weighted by Crippen LogP contribution is 2.49. The molecule has 5 heteroatoms. The average Bonchev–Trinajstić information content (AvgIpc) is 2.87. The third kappa shape index (κ3) is 5.50. The molecule has 1 atom stereocenters. The summed E-state index contributed by atoms with van der Waals surface area (Å²) < 4.78 is 8.63. The molecule has 3 nitrogen and oxygen atoms in total. The molecular formula is C33H31I2NO2. The van der Waals surface area contributed by atoms with E-state index in [2.05, 4.69) is 108 Å². The van der Waals surface area contributed by atoms with E-state index in [-0.39, 0.29) is 17.1 Å². The van der Waals surface area contributed by atoms with Crippen molar-refractivity contribution in [3.63, 3.8) is 0 Å². The molecule has 0 fully saturated rings. The van der Waals surface area contributed by atoms with Crippen molar-refractivity contribution in [1.29, 1.82) is 0 Å². The van der Waals surface area contributed by atoms with Gasteiger partial charge in [-0.2, -0.15) is 0 Å². The lowest BCUT2D eigenvalue weighted by atomic mass is 9.68. The van der Waals surface area contributed by atoms with E-state index in [1.165, 1.54) is 0 Å². The number of ketones is 1. The van der Waals surface area contributed by atoms with Crippen molar-refractivity contribution in [2.24, 2.45) is 5.41 Å². The molecule has 0 unspecified atom stereocenters. The summed E-state index contributed by atoms with van der Waals surface area (Å²) in [6, 6.07) is 26.8. The highest BCUT2D eigenvalue weighted by molar-refractivity contribution is 14.1. The van der Waals surface area contributed by atoms with Gasteiger partial charge in [-0.05, 0) is 97.1 Å². The maximum atomic E-state index is 14.0. The summed E-state index contributed by atoms with van der Waals surface area (Å²) in [7, 11) is 0. The van der Waals surface area contributed by atoms with Crippen LogP contribution in [0.3, 0.4) is 0 Å². The topological polar surface area (TPSA) is 52.3 Å². The normalized spacial score (nSPS) is 16.1. The quantitative estimate of drug-likeness (QED) is 0.159. The molecule has 0 aliphatic heterocycles. The fourth-order valence-corrected chi connectivity index (χ4v) is 7.67. The second-order valence-corrected chi connectivity index (χ2v) is 13.3. The van der Waals surface area contributed by atoms with Crippen LogP contribution in [0.2, 0.25) is 0 Å². The van der Waals surface area contributed by atoms with Gasteiger partial charge >= 0.3 is 0 Å². The van der Waals surface area contributed by atoms with E-state index < -0.39 is 0 Å². The molecule has 0 spiro atoms. The number of hydrogen-bond acceptors (Lipinski definition) is 3. The van der Waals surface area contributed by atoms with Crippen molar-refractivity contribution >= 4 is 73.0 Å². The van der Waals surface area contributed by atoms with Crippen molar-refractivity contribution in [1.82, 2.24) is 0 Å². The summed E-state index contributed by atoms with van der Waals surface area (Å²) in [5.41, 5.74) is 12.3. The molecule has 0 bridgehead atoms. The number of rotatable bonds is 6. The van der Waals surface area contributed by atoms with E-state index in [1.807, 2.05) is 36.4 Å². The maximum Gasteiger partial charge on any atom is 0.160 e. The van der Waals surface area contributed by atoms with E-state index in [0.29, 0.717) is 18.7 Å². The fraction of sp³-hybridized carbons (Fsp3) is 0.242. The number of anilines is 1. The zero-order chi connectivity index (χ0) is 27.0. The molecule has 1 aliphatic rings. The number of Topliss-reactive ketones (excluding diaryl/α,β-unsaturated/α-hetero) is 1. The SMILES string of the molecule is C[C@@H](C1=C(c2c(N)ccc3ccccc23)CC(C)(C)CC1=O)c1cc(I)cc(I)c1OCc1ccccc1. The average molecular weight is 727 g/mol. The predicted molar refractivity (Wildman–Crippen MR) is 174 cm³/mol. The molecule has 0 saturated carbocycles. The van der Waals surface area contributed by atoms with Crippen molar-refractivity contribution in [3.05, 3.63) is 108 Å². The molecular weight excluding hydrogens is 696 g/mol. The molecule has 38 heavy (non-hydrogen) atoms. The predicted octanol–water partition coefficient (Wildman–Crippen LogP) is 9.16. The van der Waals surface area contributed by atoms with Crippen LogP contribution in [0.1, 0.15) is 56.2 Å². The second-order valence-electron chi connectivity index (χ2n) is 10.9. The molecule has 0 heterocycles. The van der Waals surface area contributed by atoms with Gasteiger partial charge < -0.3 is 10.5 Å². The van der Waals surface area contributed by atoms with E-state index in [4.69, 9.17) is 10.5 Å². The molecule has 2 N–H and O–H groups in total. The first-order valence-corrected chi connectivity index (χ1v) is 15.0. The van der Waals surface area contributed by atoms with Gasteiger partial charge in [0, 0.05) is 38.3 Å². The van der Waals surface area contributed by atoms with E-state index in [9.17, 15) is 4.79 Å². The molecule has 4 aromatic carbocycles. The Kier molecular flexibility index (Phi) is 7.87. The van der Waals surface area contributed by atoms with Gasteiger partial charge in [-0.15, -0.1) is 0 Å². The zero-order valence-corrected chi connectivity index (χ0v) is 26.2. The molecule has 4 aromatic rings. The minimum atomic E-state index is -0.152. The molecule has 1 aliphatic carbocycles. The molecule has 5 rings (SSSR count). The van der Waals surface area contributed by atoms with Gasteiger partial charge in [0.25, 0.3) is 0 Å². The maximum absolute atomic E-state index is 14.0. The summed E-state index contributed by atoms with van der Waals surface area (Å²) in [6.45, 7) is 6.97. The van der Waals surface area contributed by atoms with Crippen LogP contribution in [-0.4, -0.2) is 5.78 Å². The number of ether oxygens (including phenoxy) is 1. The van der Waals surface area contributed by atoms with Crippen LogP contribution in [0.15, 0.2) is 84.4 Å². The van der Waals surface area contributed by atoms with Crippen molar-refractivity contribution < 1.29 is 9.53 Å². The smallest absolute Gasteiger partial charge is 0.160 e. The first-order valence-electron chi connectivity index (χ1n) is 12.8. The summed E-state index contributed by atoms with van der Waals surface area (Å²) in [5.74, 6) is 0.887. The Morgan fingerprint density at radius 1 is 0.947 bits per heavy atom. The first-order chi connectivity index (χ1) is 18.1. The number of fused-ring (bicyclic) bond motifs is 1. The Morgan fingerprint density at radius 2 is 1.66 bits per heavy atom. The minimum absolute atomic E-state index is 0.148. The van der Waals surface area contributed by atoms with Crippen LogP contribution in [0.5, 0.6) is 5.75 Å². The number of benzene rings is 4. The fourth-order valence-electron chi connectivity index (χ4n) is 5.62. The van der Waals surface area contributed by atoms with Crippen LogP contribution in [0.25, 0.3) is 16.3 Å². The van der Waals surface area contributed by atoms with Crippen molar-refractivity contribution in [2.75, 3.05) is 5.73 Å². The zero-order valence-electron chi connectivity index (χ0n) is 21.9. The Bertz CT molecular complexity index is 1560. The standard InChI is InChI=1S/C33H31I2NO2/c1-20(25-15-23(34)16-27(35)32(25)38-19-21-9-5-4-6-10-21)30-26(17-33(2,3)18-29(30)37)31-24-12-8-7-11-22(24)13-14-28(31)36/h4-16,20H,17-19,36H2,1-3H3/t20-/m1/s1. The third-order valence-electron chi connectivity index (χ3n) is 7.35. The molecule has 194 valence electrons. The Morgan fingerprint density at radius 3 is 2.42 bits per heavy atom. The van der Waals surface area contributed by atoms with Crippen LogP contribution < -0.4 is 10.5 Å². The van der Waals surface area contributed by atoms with Gasteiger partial charge in [0.15, 0.2) is 5.78 Å². The summed E-state index contributed by atoms with van der Waals surface area (Å²) in [4.78, 5) is 14.0. The second kappa shape index (κ2) is 11.0. The first kappa shape index (κ1) is 27.2. The highest BCUT2D eigenvalue weighted by Gasteiger charge is 2.37. The summed E-state index contributed by atoms with van der Waals surface area (Å²) in [5, 5.41) is 2.22. The number of allylic oxidation sites excluding steroid dienone is 2. The molecule has 0 aromatic heterocycles. The molecule has 0 radical (unpaired) electrons. The van der Waals surface area contributed by atoms with Crippen LogP contribution >= 0.6 is 45.2 Å². The number of carbonyl (C=O) groups is 1. The van der Waals surface area contributed by atoms with Gasteiger partial charge in [0.2, 0.25) is 0 Å². The van der Waals surface area contributed by atoms with Crippen LogP contribution in [0, 0.1) is 12.6 Å². The van der Waals surface area contributed by atoms with Gasteiger partial charge in [0.1, 0.15) is 12.4 Å². The van der Waals surface area contributed by atoms with Gasteiger partial charge in [-0.1, -0.05) is 81.4 Å². The monoisotopic (exact) mass is 727 g/mol. The van der Waals surface area contributed by atoms with E-state index in [0.717, 1.165) is 57.9 Å². The van der Waals surface area contributed by atoms with E-state index >= 15 is 0 Å². The Labute approximate surface area is 252 Å². The van der Waals surface area contributed by atoms with Crippen molar-refractivity contribution in [2.45, 2.75) is 46.1 Å². The molecule has 0 saturated heterocycles. The van der Waals surface area contributed by atoms with Gasteiger partial charge in [-0.3, -0.25) is 4.79 Å². The lowest BCUT2D eigenvalue weighted by Gasteiger charge is -2.35. The number of hydrogen-bond donors (Lipinski definition) is 1. The third-order valence-corrected chi connectivity index (χ3v) is 8.77. The van der Waals surface area contributed by atoms with Gasteiger partial charge in [0.05, 0.1) is 3.57 Å². The number of nitrogens with two attached hydrogens (primary N) is 1. The van der Waals surface area contributed by atoms with Crippen LogP contribution in [-0.2, 0) is 11.4 Å². The largest absolute Gasteiger partial charge is 0.487 e. The lowest BCUT2D eigenvalue weighted by Crippen LogP contribution is -2.28. The van der Waals surface area contributed by atoms with E-state index in [1.54, 1.807) is 0 Å². The lowest BCUT2D eigenvalue weighted by molar-refractivity contribution is -0.118. The number of halogens is 2. The molecule has 0 amide bonds. The summed E-state index contributed by atoms with van der Waals surface area (Å²) in [6.07, 6.45) is 1.31. The van der Waals surface area contributed by atoms with Crippen LogP contribution in [0.4, 0.5) is 5.69 Å². The van der Waals surface area contributed by atoms with Crippen molar-refractivity contribution in [3.8, 4) is 5.75 Å². The Balaban J connectivity index is 1.69. The van der Waals surface area contributed by atoms with Gasteiger partial charge in [-0.25, -0.2) is 0 Å². The number of carbonyl (C=O) groups excluding carboxylic acids is 1. The minimum Gasteiger partial charge on any atom is -0.487 e. The number of nitrogen functional groups attached to an aromatic ring is 1. The highest BCUT2D eigenvalue weighted by atomic mass is 127. The Hall–Kier alpha value is -2.39. The summed E-state index contributed by atoms with van der Waals surface area (Å²) >= 11 is 4.71.